The number of fused-ring (bicyclic) bond motifs is 1. The summed E-state index contributed by atoms with van der Waals surface area (Å²) in [5.74, 6) is -0.273. The molecule has 1 amide bonds. The Morgan fingerprint density at radius 1 is 1.15 bits per heavy atom. The summed E-state index contributed by atoms with van der Waals surface area (Å²) in [4.78, 5) is 29.5. The minimum absolute atomic E-state index is 0.273. The Bertz CT molecular complexity index is 1160. The standard InChI is InChI=1S/C19H12N2O3S2/c22-17(8-7-13-5-3-9-25-13)21-19-20-15(11-26-19)14-10-12-4-1-2-6-16(12)24-18(14)23/h1-11H,(H,20,21,22). The maximum absolute atomic E-state index is 12.2. The predicted octanol–water partition coefficient (Wildman–Crippen LogP) is 4.63. The van der Waals surface area contributed by atoms with E-state index in [0.29, 0.717) is 22.0 Å². The van der Waals surface area contributed by atoms with Crippen LogP contribution in [0.1, 0.15) is 4.88 Å². The van der Waals surface area contributed by atoms with Crippen LogP contribution >= 0.6 is 22.7 Å². The molecule has 5 nitrogen and oxygen atoms in total. The Labute approximate surface area is 156 Å². The molecule has 0 unspecified atom stereocenters. The van der Waals surface area contributed by atoms with Crippen LogP contribution in [0.5, 0.6) is 0 Å². The third-order valence-corrected chi connectivity index (χ3v) is 5.19. The summed E-state index contributed by atoms with van der Waals surface area (Å²) in [5, 5.41) is 7.61. The fourth-order valence-corrected chi connectivity index (χ4v) is 3.72. The molecule has 1 N–H and O–H groups in total. The summed E-state index contributed by atoms with van der Waals surface area (Å²) in [6.45, 7) is 0. The van der Waals surface area contributed by atoms with Crippen molar-refractivity contribution in [2.24, 2.45) is 0 Å². The third-order valence-electron chi connectivity index (χ3n) is 3.59. The van der Waals surface area contributed by atoms with Crippen LogP contribution in [0.4, 0.5) is 5.13 Å². The van der Waals surface area contributed by atoms with Crippen molar-refractivity contribution < 1.29 is 9.21 Å². The lowest BCUT2D eigenvalue weighted by atomic mass is 10.1. The maximum Gasteiger partial charge on any atom is 0.345 e. The van der Waals surface area contributed by atoms with E-state index in [1.807, 2.05) is 35.7 Å². The summed E-state index contributed by atoms with van der Waals surface area (Å²) in [6, 6.07) is 12.9. The zero-order valence-corrected chi connectivity index (χ0v) is 15.0. The minimum Gasteiger partial charge on any atom is -0.422 e. The topological polar surface area (TPSA) is 72.2 Å². The molecule has 0 fully saturated rings. The van der Waals surface area contributed by atoms with Crippen molar-refractivity contribution >= 4 is 50.8 Å². The van der Waals surface area contributed by atoms with E-state index in [9.17, 15) is 9.59 Å². The first-order valence-electron chi connectivity index (χ1n) is 7.70. The number of hydrogen-bond acceptors (Lipinski definition) is 6. The molecule has 0 aliphatic heterocycles. The first kappa shape index (κ1) is 16.4. The van der Waals surface area contributed by atoms with E-state index in [2.05, 4.69) is 10.3 Å². The van der Waals surface area contributed by atoms with Gasteiger partial charge in [0.05, 0.1) is 11.3 Å². The number of amides is 1. The quantitative estimate of drug-likeness (QED) is 0.414. The molecule has 128 valence electrons. The highest BCUT2D eigenvalue weighted by molar-refractivity contribution is 7.14. The van der Waals surface area contributed by atoms with E-state index in [1.54, 1.807) is 34.9 Å². The van der Waals surface area contributed by atoms with Gasteiger partial charge < -0.3 is 4.42 Å². The first-order chi connectivity index (χ1) is 12.7. The van der Waals surface area contributed by atoms with E-state index in [0.717, 1.165) is 10.3 Å². The average molecular weight is 380 g/mol. The second-order valence-electron chi connectivity index (χ2n) is 5.36. The first-order valence-corrected chi connectivity index (χ1v) is 9.46. The molecule has 1 aromatic carbocycles. The zero-order chi connectivity index (χ0) is 17.9. The van der Waals surface area contributed by atoms with Crippen molar-refractivity contribution in [2.45, 2.75) is 0 Å². The number of thiophene rings is 1. The molecule has 0 saturated carbocycles. The van der Waals surface area contributed by atoms with E-state index in [4.69, 9.17) is 4.42 Å². The molecule has 0 spiro atoms. The van der Waals surface area contributed by atoms with Crippen LogP contribution < -0.4 is 10.9 Å². The number of carbonyl (C=O) groups excluding carboxylic acids is 1. The van der Waals surface area contributed by atoms with Crippen molar-refractivity contribution in [3.8, 4) is 11.3 Å². The molecule has 0 saturated heterocycles. The predicted molar refractivity (Wildman–Crippen MR) is 106 cm³/mol. The highest BCUT2D eigenvalue weighted by atomic mass is 32.1. The van der Waals surface area contributed by atoms with E-state index < -0.39 is 5.63 Å². The third kappa shape index (κ3) is 3.49. The molecular weight excluding hydrogens is 368 g/mol. The molecule has 26 heavy (non-hydrogen) atoms. The Kier molecular flexibility index (Phi) is 4.47. The second kappa shape index (κ2) is 7.07. The molecule has 0 bridgehead atoms. The number of hydrogen-bond donors (Lipinski definition) is 1. The summed E-state index contributed by atoms with van der Waals surface area (Å²) in [5.41, 5.74) is 0.926. The number of para-hydroxylation sites is 1. The van der Waals surface area contributed by atoms with Crippen LogP contribution in [0.15, 0.2) is 68.5 Å². The lowest BCUT2D eigenvalue weighted by Crippen LogP contribution is -2.07. The van der Waals surface area contributed by atoms with E-state index in [1.165, 1.54) is 17.4 Å². The lowest BCUT2D eigenvalue weighted by Gasteiger charge is -1.99. The van der Waals surface area contributed by atoms with E-state index >= 15 is 0 Å². The Morgan fingerprint density at radius 2 is 2.04 bits per heavy atom. The number of benzene rings is 1. The lowest BCUT2D eigenvalue weighted by molar-refractivity contribution is -0.111. The molecule has 0 aliphatic carbocycles. The molecular formula is C19H12N2O3S2. The molecule has 0 atom stereocenters. The minimum atomic E-state index is -0.454. The Hall–Kier alpha value is -3.03. The Morgan fingerprint density at radius 3 is 2.88 bits per heavy atom. The van der Waals surface area contributed by atoms with Gasteiger partial charge in [0.25, 0.3) is 0 Å². The molecule has 0 aliphatic rings. The van der Waals surface area contributed by atoms with Gasteiger partial charge in [0, 0.05) is 21.7 Å². The normalized spacial score (nSPS) is 11.2. The number of rotatable bonds is 4. The van der Waals surface area contributed by atoms with Crippen molar-refractivity contribution in [3.63, 3.8) is 0 Å². The van der Waals surface area contributed by atoms with Gasteiger partial charge in [0.2, 0.25) is 5.91 Å². The fraction of sp³-hybridized carbons (Fsp3) is 0. The van der Waals surface area contributed by atoms with Gasteiger partial charge in [0.15, 0.2) is 5.13 Å². The number of anilines is 1. The second-order valence-corrected chi connectivity index (χ2v) is 7.20. The summed E-state index contributed by atoms with van der Waals surface area (Å²) in [7, 11) is 0. The van der Waals surface area contributed by atoms with Crippen LogP contribution in [0.2, 0.25) is 0 Å². The van der Waals surface area contributed by atoms with Crippen LogP contribution in [0.3, 0.4) is 0 Å². The van der Waals surface area contributed by atoms with Gasteiger partial charge in [-0.1, -0.05) is 24.3 Å². The van der Waals surface area contributed by atoms with Crippen molar-refractivity contribution in [1.82, 2.24) is 4.98 Å². The molecule has 3 heterocycles. The molecule has 7 heteroatoms. The van der Waals surface area contributed by atoms with Gasteiger partial charge in [-0.15, -0.1) is 22.7 Å². The largest absolute Gasteiger partial charge is 0.422 e. The van der Waals surface area contributed by atoms with Crippen LogP contribution in [0, 0.1) is 0 Å². The summed E-state index contributed by atoms with van der Waals surface area (Å²) in [6.07, 6.45) is 3.20. The fourth-order valence-electron chi connectivity index (χ4n) is 2.39. The van der Waals surface area contributed by atoms with Crippen molar-refractivity contribution in [1.29, 1.82) is 0 Å². The molecule has 4 rings (SSSR count). The highest BCUT2D eigenvalue weighted by Gasteiger charge is 2.12. The number of nitrogens with zero attached hydrogens (tertiary/aromatic N) is 1. The molecule has 4 aromatic rings. The zero-order valence-electron chi connectivity index (χ0n) is 13.3. The number of nitrogens with one attached hydrogen (secondary N) is 1. The number of thiazole rings is 1. The smallest absolute Gasteiger partial charge is 0.345 e. The van der Waals surface area contributed by atoms with E-state index in [-0.39, 0.29) is 5.91 Å². The van der Waals surface area contributed by atoms with Gasteiger partial charge in [-0.3, -0.25) is 10.1 Å². The maximum atomic E-state index is 12.2. The summed E-state index contributed by atoms with van der Waals surface area (Å²) >= 11 is 2.81. The van der Waals surface area contributed by atoms with Crippen molar-refractivity contribution in [3.05, 3.63) is 74.6 Å². The monoisotopic (exact) mass is 380 g/mol. The van der Waals surface area contributed by atoms with Gasteiger partial charge in [-0.25, -0.2) is 9.78 Å². The van der Waals surface area contributed by atoms with Gasteiger partial charge in [-0.05, 0) is 29.7 Å². The molecule has 0 radical (unpaired) electrons. The summed E-state index contributed by atoms with van der Waals surface area (Å²) < 4.78 is 5.33. The van der Waals surface area contributed by atoms with Crippen LogP contribution in [-0.4, -0.2) is 10.9 Å². The van der Waals surface area contributed by atoms with Crippen LogP contribution in [-0.2, 0) is 4.79 Å². The SMILES string of the molecule is O=C(C=Cc1cccs1)Nc1nc(-c2cc3ccccc3oc2=O)cs1. The van der Waals surface area contributed by atoms with Gasteiger partial charge >= 0.3 is 5.63 Å². The average Bonchev–Trinajstić information content (AvgIpc) is 3.31. The van der Waals surface area contributed by atoms with Crippen LogP contribution in [0.25, 0.3) is 28.3 Å². The highest BCUT2D eigenvalue weighted by Crippen LogP contribution is 2.25. The van der Waals surface area contributed by atoms with Gasteiger partial charge in [0.1, 0.15) is 5.58 Å². The number of aromatic nitrogens is 1. The van der Waals surface area contributed by atoms with Crippen molar-refractivity contribution in [2.75, 3.05) is 5.32 Å². The number of carbonyl (C=O) groups is 1. The van der Waals surface area contributed by atoms with Gasteiger partial charge in [-0.2, -0.15) is 0 Å². The molecule has 3 aromatic heterocycles. The Balaban J connectivity index is 1.55.